The molecule has 0 unspecified atom stereocenters. The molecular weight excluding hydrogens is 416 g/mol. The lowest BCUT2D eigenvalue weighted by Gasteiger charge is -2.19. The van der Waals surface area contributed by atoms with Gasteiger partial charge in [-0.25, -0.2) is 8.42 Å². The normalized spacial score (nSPS) is 17.8. The molecule has 2 aromatic rings. The number of amidine groups is 1. The first kappa shape index (κ1) is 21.7. The number of amides is 1. The van der Waals surface area contributed by atoms with Crippen molar-refractivity contribution in [1.82, 2.24) is 4.72 Å². The van der Waals surface area contributed by atoms with E-state index in [1.54, 1.807) is 18.2 Å². The summed E-state index contributed by atoms with van der Waals surface area (Å²) >= 11 is 0. The monoisotopic (exact) mass is 437 g/mol. The van der Waals surface area contributed by atoms with Gasteiger partial charge in [-0.15, -0.1) is 0 Å². The molecule has 3 rings (SSSR count). The summed E-state index contributed by atoms with van der Waals surface area (Å²) in [4.78, 5) is 17.4. The Kier molecular flexibility index (Phi) is 6.35. The van der Waals surface area contributed by atoms with Crippen LogP contribution in [0.5, 0.6) is 5.75 Å². The quantitative estimate of drug-likeness (QED) is 0.694. The molecule has 2 aromatic carbocycles. The fraction of sp³-hybridized carbons (Fsp3) is 0.300. The first-order valence-electron chi connectivity index (χ1n) is 9.27. The molecule has 0 fully saturated rings. The Morgan fingerprint density at radius 3 is 2.47 bits per heavy atom. The van der Waals surface area contributed by atoms with Crippen LogP contribution in [0.1, 0.15) is 25.8 Å². The Labute approximate surface area is 173 Å². The van der Waals surface area contributed by atoms with Gasteiger partial charge in [-0.3, -0.25) is 14.5 Å². The van der Waals surface area contributed by atoms with Crippen molar-refractivity contribution in [2.75, 3.05) is 5.32 Å². The highest BCUT2D eigenvalue weighted by molar-refractivity contribution is 7.90. The van der Waals surface area contributed by atoms with Crippen molar-refractivity contribution in [2.24, 2.45) is 10.9 Å². The summed E-state index contributed by atoms with van der Waals surface area (Å²) in [6, 6.07) is 11.0. The van der Waals surface area contributed by atoms with E-state index in [4.69, 9.17) is 0 Å². The van der Waals surface area contributed by atoms with Crippen LogP contribution >= 0.6 is 0 Å². The Hall–Kier alpha value is -3.01. The van der Waals surface area contributed by atoms with Gasteiger partial charge in [0.1, 0.15) is 17.6 Å². The number of carbonyl (C=O) groups excluding carboxylic acids is 1. The number of aliphatic imine (C=N–C) groups is 1. The molecule has 0 spiro atoms. The lowest BCUT2D eigenvalue weighted by Crippen LogP contribution is -2.34. The number of rotatable bonds is 7. The van der Waals surface area contributed by atoms with Crippen molar-refractivity contribution in [2.45, 2.75) is 37.8 Å². The van der Waals surface area contributed by atoms with Gasteiger partial charge < -0.3 is 10.1 Å². The van der Waals surface area contributed by atoms with Crippen molar-refractivity contribution in [1.29, 1.82) is 0 Å². The molecular formula is C20H21F2N3O4S. The van der Waals surface area contributed by atoms with Gasteiger partial charge >= 0.3 is 6.61 Å². The number of benzene rings is 2. The molecule has 0 radical (unpaired) electrons. The minimum atomic E-state index is -3.72. The fourth-order valence-corrected chi connectivity index (χ4v) is 4.21. The van der Waals surface area contributed by atoms with Crippen LogP contribution in [0.4, 0.5) is 14.5 Å². The van der Waals surface area contributed by atoms with Crippen LogP contribution in [0.3, 0.4) is 0 Å². The zero-order chi connectivity index (χ0) is 21.9. The van der Waals surface area contributed by atoms with E-state index in [9.17, 15) is 22.0 Å². The summed E-state index contributed by atoms with van der Waals surface area (Å²) in [5.74, 6) is -0.537. The highest BCUT2D eigenvalue weighted by atomic mass is 32.2. The molecule has 160 valence electrons. The molecule has 1 aliphatic rings. The summed E-state index contributed by atoms with van der Waals surface area (Å²) in [6.07, 6.45) is 0.629. The lowest BCUT2D eigenvalue weighted by atomic mass is 9.98. The number of nitrogens with one attached hydrogen (secondary N) is 2. The molecule has 0 aliphatic carbocycles. The largest absolute Gasteiger partial charge is 0.435 e. The third-order valence-corrected chi connectivity index (χ3v) is 6.13. The number of sulfonamides is 1. The number of carbonyl (C=O) groups is 1. The fourth-order valence-electron chi connectivity index (χ4n) is 2.97. The molecule has 2 atom stereocenters. The maximum absolute atomic E-state index is 12.9. The van der Waals surface area contributed by atoms with E-state index in [0.29, 0.717) is 17.7 Å². The minimum Gasteiger partial charge on any atom is -0.435 e. The predicted octanol–water partition coefficient (Wildman–Crippen LogP) is 3.38. The standard InChI is InChI=1S/C20H21F2N3O4S/c1-3-12(2)17(19(26)23-13-8-10-14(11-9-13)29-20(21)22)24-18-15-6-4-5-7-16(15)30(27,28)25-18/h4-12,17,20H,3H2,1-2H3,(H,23,26)(H,24,25)/t12-,17-/m0/s1. The predicted molar refractivity (Wildman–Crippen MR) is 108 cm³/mol. The first-order valence-corrected chi connectivity index (χ1v) is 10.8. The van der Waals surface area contributed by atoms with Gasteiger partial charge in [0.2, 0.25) is 5.91 Å². The van der Waals surface area contributed by atoms with Gasteiger partial charge in [-0.2, -0.15) is 8.78 Å². The zero-order valence-corrected chi connectivity index (χ0v) is 17.1. The van der Waals surface area contributed by atoms with Crippen LogP contribution in [0.15, 0.2) is 58.4 Å². The SMILES string of the molecule is CC[C@H](C)[C@H](N=C1NS(=O)(=O)c2ccccc21)C(=O)Nc1ccc(OC(F)F)cc1. The minimum absolute atomic E-state index is 0.0290. The topological polar surface area (TPSA) is 96.9 Å². The van der Waals surface area contributed by atoms with E-state index < -0.39 is 28.6 Å². The summed E-state index contributed by atoms with van der Waals surface area (Å²) in [7, 11) is -3.72. The number of halogens is 2. The van der Waals surface area contributed by atoms with Gasteiger partial charge in [-0.05, 0) is 42.3 Å². The van der Waals surface area contributed by atoms with E-state index in [-0.39, 0.29) is 22.4 Å². The molecule has 1 aliphatic heterocycles. The summed E-state index contributed by atoms with van der Waals surface area (Å²) in [6.45, 7) is 0.798. The van der Waals surface area contributed by atoms with Crippen molar-refractivity contribution < 1.29 is 26.7 Å². The molecule has 0 bridgehead atoms. The van der Waals surface area contributed by atoms with Gasteiger partial charge in [-0.1, -0.05) is 32.4 Å². The van der Waals surface area contributed by atoms with Gasteiger partial charge in [0, 0.05) is 11.3 Å². The smallest absolute Gasteiger partial charge is 0.387 e. The van der Waals surface area contributed by atoms with Gasteiger partial charge in [0.15, 0.2) is 0 Å². The molecule has 30 heavy (non-hydrogen) atoms. The Balaban J connectivity index is 1.85. The van der Waals surface area contributed by atoms with Gasteiger partial charge in [0.25, 0.3) is 10.0 Å². The van der Waals surface area contributed by atoms with Crippen LogP contribution in [0.25, 0.3) is 0 Å². The maximum atomic E-state index is 12.9. The second kappa shape index (κ2) is 8.78. The maximum Gasteiger partial charge on any atom is 0.387 e. The Morgan fingerprint density at radius 2 is 1.83 bits per heavy atom. The third-order valence-electron chi connectivity index (χ3n) is 4.73. The molecule has 2 N–H and O–H groups in total. The summed E-state index contributed by atoms with van der Waals surface area (Å²) in [5.41, 5.74) is 0.787. The Morgan fingerprint density at radius 1 is 1.17 bits per heavy atom. The van der Waals surface area contributed by atoms with Crippen molar-refractivity contribution in [3.63, 3.8) is 0 Å². The van der Waals surface area contributed by atoms with Crippen molar-refractivity contribution >= 4 is 27.5 Å². The first-order chi connectivity index (χ1) is 14.2. The van der Waals surface area contributed by atoms with E-state index in [2.05, 4.69) is 19.8 Å². The van der Waals surface area contributed by atoms with Crippen LogP contribution in [-0.4, -0.2) is 32.8 Å². The number of ether oxygens (including phenoxy) is 1. The van der Waals surface area contributed by atoms with Crippen LogP contribution in [0.2, 0.25) is 0 Å². The molecule has 1 heterocycles. The summed E-state index contributed by atoms with van der Waals surface area (Å²) < 4.78 is 55.8. The van der Waals surface area contributed by atoms with E-state index in [0.717, 1.165) is 0 Å². The van der Waals surface area contributed by atoms with E-state index in [1.807, 2.05) is 13.8 Å². The molecule has 10 heteroatoms. The van der Waals surface area contributed by atoms with E-state index in [1.165, 1.54) is 30.3 Å². The van der Waals surface area contributed by atoms with E-state index >= 15 is 0 Å². The molecule has 0 aromatic heterocycles. The Bertz CT molecular complexity index is 1060. The second-order valence-electron chi connectivity index (χ2n) is 6.80. The van der Waals surface area contributed by atoms with Gasteiger partial charge in [0.05, 0.1) is 4.90 Å². The zero-order valence-electron chi connectivity index (χ0n) is 16.3. The molecule has 7 nitrogen and oxygen atoms in total. The summed E-state index contributed by atoms with van der Waals surface area (Å²) in [5, 5.41) is 2.69. The number of anilines is 1. The number of hydrogen-bond donors (Lipinski definition) is 2. The highest BCUT2D eigenvalue weighted by Gasteiger charge is 2.33. The highest BCUT2D eigenvalue weighted by Crippen LogP contribution is 2.25. The lowest BCUT2D eigenvalue weighted by molar-refractivity contribution is -0.118. The van der Waals surface area contributed by atoms with Crippen molar-refractivity contribution in [3.05, 3.63) is 54.1 Å². The third kappa shape index (κ3) is 4.76. The van der Waals surface area contributed by atoms with Crippen LogP contribution < -0.4 is 14.8 Å². The number of alkyl halides is 2. The molecule has 1 amide bonds. The average Bonchev–Trinajstić information content (AvgIpc) is 2.97. The van der Waals surface area contributed by atoms with Crippen molar-refractivity contribution in [3.8, 4) is 5.75 Å². The number of fused-ring (bicyclic) bond motifs is 1. The second-order valence-corrected chi connectivity index (χ2v) is 8.45. The average molecular weight is 437 g/mol. The number of nitrogens with zero attached hydrogens (tertiary/aromatic N) is 1. The molecule has 0 saturated heterocycles. The molecule has 0 saturated carbocycles. The number of hydrogen-bond acceptors (Lipinski definition) is 5. The van der Waals surface area contributed by atoms with Crippen LogP contribution in [0, 0.1) is 5.92 Å². The van der Waals surface area contributed by atoms with Crippen LogP contribution in [-0.2, 0) is 14.8 Å².